The first kappa shape index (κ1) is 12.2. The Morgan fingerprint density at radius 1 is 1.40 bits per heavy atom. The van der Waals surface area contributed by atoms with Crippen LogP contribution in [0.15, 0.2) is 0 Å². The summed E-state index contributed by atoms with van der Waals surface area (Å²) in [7, 11) is 0. The highest BCUT2D eigenvalue weighted by Crippen LogP contribution is 2.07. The highest BCUT2D eigenvalue weighted by Gasteiger charge is 1.94. The van der Waals surface area contributed by atoms with Crippen LogP contribution in [0.1, 0.15) is 47.0 Å². The minimum absolute atomic E-state index is 0.717. The third-order valence-electron chi connectivity index (χ3n) is 1.45. The van der Waals surface area contributed by atoms with Gasteiger partial charge < -0.3 is 0 Å². The molecule has 0 saturated carbocycles. The molecule has 1 atom stereocenters. The minimum Gasteiger partial charge on any atom is -0.198 e. The van der Waals surface area contributed by atoms with E-state index in [2.05, 4.69) is 19.9 Å². The largest absolute Gasteiger partial charge is 0.198 e. The summed E-state index contributed by atoms with van der Waals surface area (Å²) in [5, 5.41) is 8.16. The number of rotatable bonds is 3. The lowest BCUT2D eigenvalue weighted by molar-refractivity contribution is 0.524. The standard InChI is InChI=1S/C7H13N.C2H6/c1-3-7(2)5-4-6-8;1-2/h7H,3-5H2,1-2H3;1-2H3. The zero-order valence-electron chi connectivity index (χ0n) is 7.65. The molecule has 1 unspecified atom stereocenters. The molecule has 0 radical (unpaired) electrons. The topological polar surface area (TPSA) is 23.8 Å². The summed E-state index contributed by atoms with van der Waals surface area (Å²) in [5.41, 5.74) is 0. The highest BCUT2D eigenvalue weighted by atomic mass is 14.2. The van der Waals surface area contributed by atoms with Crippen molar-refractivity contribution in [1.29, 1.82) is 5.26 Å². The molecule has 0 spiro atoms. The Bertz CT molecular complexity index is 81.2. The van der Waals surface area contributed by atoms with Gasteiger partial charge in [0.15, 0.2) is 0 Å². The van der Waals surface area contributed by atoms with Crippen LogP contribution in [0.5, 0.6) is 0 Å². The maximum Gasteiger partial charge on any atom is 0.0621 e. The third kappa shape index (κ3) is 10.5. The molecular weight excluding hydrogens is 122 g/mol. The van der Waals surface area contributed by atoms with Crippen LogP contribution in [0.3, 0.4) is 0 Å². The van der Waals surface area contributed by atoms with Crippen molar-refractivity contribution in [3.63, 3.8) is 0 Å². The zero-order chi connectivity index (χ0) is 8.41. The summed E-state index contributed by atoms with van der Waals surface area (Å²) in [6, 6.07) is 2.13. The molecule has 0 fully saturated rings. The minimum atomic E-state index is 0.717. The van der Waals surface area contributed by atoms with Crippen molar-refractivity contribution in [2.24, 2.45) is 5.92 Å². The molecule has 0 saturated heterocycles. The van der Waals surface area contributed by atoms with E-state index in [9.17, 15) is 0 Å². The fourth-order valence-electron chi connectivity index (χ4n) is 0.515. The van der Waals surface area contributed by atoms with E-state index in [1.165, 1.54) is 6.42 Å². The number of hydrogen-bond acceptors (Lipinski definition) is 1. The van der Waals surface area contributed by atoms with Gasteiger partial charge in [-0.25, -0.2) is 0 Å². The van der Waals surface area contributed by atoms with Crippen molar-refractivity contribution in [3.8, 4) is 6.07 Å². The average Bonchev–Trinajstić information content (AvgIpc) is 2.04. The predicted octanol–water partition coefficient (Wildman–Crippen LogP) is 3.36. The lowest BCUT2D eigenvalue weighted by Gasteiger charge is -2.01. The van der Waals surface area contributed by atoms with Crippen LogP contribution in [0.4, 0.5) is 0 Å². The van der Waals surface area contributed by atoms with E-state index >= 15 is 0 Å². The third-order valence-corrected chi connectivity index (χ3v) is 1.45. The van der Waals surface area contributed by atoms with E-state index in [1.54, 1.807) is 0 Å². The van der Waals surface area contributed by atoms with Gasteiger partial charge in [-0.15, -0.1) is 0 Å². The van der Waals surface area contributed by atoms with E-state index in [0.717, 1.165) is 18.8 Å². The van der Waals surface area contributed by atoms with Crippen molar-refractivity contribution >= 4 is 0 Å². The summed E-state index contributed by atoms with van der Waals surface area (Å²) in [4.78, 5) is 0. The van der Waals surface area contributed by atoms with Gasteiger partial charge in [-0.05, 0) is 12.3 Å². The number of nitrogens with zero attached hydrogens (tertiary/aromatic N) is 1. The van der Waals surface area contributed by atoms with E-state index in [-0.39, 0.29) is 0 Å². The first-order chi connectivity index (χ1) is 4.81. The van der Waals surface area contributed by atoms with Crippen LogP contribution in [-0.4, -0.2) is 0 Å². The lowest BCUT2D eigenvalue weighted by Crippen LogP contribution is -1.89. The van der Waals surface area contributed by atoms with Crippen LogP contribution in [0.25, 0.3) is 0 Å². The smallest absolute Gasteiger partial charge is 0.0621 e. The van der Waals surface area contributed by atoms with Crippen molar-refractivity contribution < 1.29 is 0 Å². The second-order valence-corrected chi connectivity index (χ2v) is 2.21. The summed E-state index contributed by atoms with van der Waals surface area (Å²) in [6.07, 6.45) is 2.98. The van der Waals surface area contributed by atoms with Crippen molar-refractivity contribution in [1.82, 2.24) is 0 Å². The van der Waals surface area contributed by atoms with Gasteiger partial charge >= 0.3 is 0 Å². The lowest BCUT2D eigenvalue weighted by atomic mass is 10.0. The number of hydrogen-bond donors (Lipinski definition) is 0. The Morgan fingerprint density at radius 3 is 2.20 bits per heavy atom. The Balaban J connectivity index is 0. The van der Waals surface area contributed by atoms with Gasteiger partial charge in [0.25, 0.3) is 0 Å². The second-order valence-electron chi connectivity index (χ2n) is 2.21. The van der Waals surface area contributed by atoms with Crippen molar-refractivity contribution in [2.75, 3.05) is 0 Å². The van der Waals surface area contributed by atoms with Crippen LogP contribution in [0.2, 0.25) is 0 Å². The van der Waals surface area contributed by atoms with E-state index in [1.807, 2.05) is 13.8 Å². The molecule has 0 bridgehead atoms. The summed E-state index contributed by atoms with van der Waals surface area (Å²) in [5.74, 6) is 0.731. The second kappa shape index (κ2) is 11.3. The molecule has 0 amide bonds. The molecule has 0 aliphatic heterocycles. The summed E-state index contributed by atoms with van der Waals surface area (Å²) in [6.45, 7) is 8.33. The van der Waals surface area contributed by atoms with Crippen molar-refractivity contribution in [2.45, 2.75) is 47.0 Å². The average molecular weight is 141 g/mol. The molecule has 60 valence electrons. The maximum atomic E-state index is 8.16. The van der Waals surface area contributed by atoms with Crippen LogP contribution < -0.4 is 0 Å². The van der Waals surface area contributed by atoms with Gasteiger partial charge in [-0.2, -0.15) is 5.26 Å². The first-order valence-corrected chi connectivity index (χ1v) is 4.18. The molecule has 0 aromatic rings. The molecule has 0 rings (SSSR count). The molecule has 0 heterocycles. The van der Waals surface area contributed by atoms with Gasteiger partial charge in [-0.1, -0.05) is 34.1 Å². The molecule has 10 heavy (non-hydrogen) atoms. The number of nitriles is 1. The Morgan fingerprint density at radius 2 is 1.90 bits per heavy atom. The predicted molar refractivity (Wildman–Crippen MR) is 45.7 cm³/mol. The van der Waals surface area contributed by atoms with Crippen LogP contribution in [0, 0.1) is 17.2 Å². The Labute approximate surface area is 65.1 Å². The monoisotopic (exact) mass is 141 g/mol. The van der Waals surface area contributed by atoms with Crippen LogP contribution in [-0.2, 0) is 0 Å². The molecule has 1 nitrogen and oxygen atoms in total. The van der Waals surface area contributed by atoms with E-state index in [0.29, 0.717) is 0 Å². The van der Waals surface area contributed by atoms with E-state index in [4.69, 9.17) is 5.26 Å². The first-order valence-electron chi connectivity index (χ1n) is 4.18. The fourth-order valence-corrected chi connectivity index (χ4v) is 0.515. The fraction of sp³-hybridized carbons (Fsp3) is 0.889. The molecule has 1 heteroatoms. The Kier molecular flexibility index (Phi) is 13.8. The maximum absolute atomic E-state index is 8.16. The van der Waals surface area contributed by atoms with E-state index < -0.39 is 0 Å². The summed E-state index contributed by atoms with van der Waals surface area (Å²) < 4.78 is 0. The normalized spacial score (nSPS) is 10.7. The Hall–Kier alpha value is -0.510. The molecule has 0 aliphatic carbocycles. The zero-order valence-corrected chi connectivity index (χ0v) is 7.65. The van der Waals surface area contributed by atoms with Gasteiger partial charge in [0, 0.05) is 6.42 Å². The molecule has 0 aromatic carbocycles. The quantitative estimate of drug-likeness (QED) is 0.591. The van der Waals surface area contributed by atoms with Crippen molar-refractivity contribution in [3.05, 3.63) is 0 Å². The van der Waals surface area contributed by atoms with Gasteiger partial charge in [0.1, 0.15) is 0 Å². The van der Waals surface area contributed by atoms with Gasteiger partial charge in [0.2, 0.25) is 0 Å². The molecule has 0 N–H and O–H groups in total. The summed E-state index contributed by atoms with van der Waals surface area (Å²) >= 11 is 0. The SMILES string of the molecule is CC.CCC(C)CCC#N. The molecular formula is C9H19N. The molecule has 0 aromatic heterocycles. The van der Waals surface area contributed by atoms with Gasteiger partial charge in [-0.3, -0.25) is 0 Å². The molecule has 0 aliphatic rings. The highest BCUT2D eigenvalue weighted by molar-refractivity contribution is 4.69. The van der Waals surface area contributed by atoms with Gasteiger partial charge in [0.05, 0.1) is 6.07 Å². The van der Waals surface area contributed by atoms with Crippen LogP contribution >= 0.6 is 0 Å².